The molecule has 2 aliphatic rings. The van der Waals surface area contributed by atoms with Crippen LogP contribution in [0.4, 0.5) is 0 Å². The number of methoxy groups -OCH3 is 1. The van der Waals surface area contributed by atoms with Gasteiger partial charge in [0.2, 0.25) is 0 Å². The normalized spacial score (nSPS) is 19.5. The molecule has 2 heterocycles. The van der Waals surface area contributed by atoms with Gasteiger partial charge in [0.05, 0.1) is 18.1 Å². The van der Waals surface area contributed by atoms with Gasteiger partial charge in [0.25, 0.3) is 11.8 Å². The monoisotopic (exact) mass is 354 g/mol. The first-order chi connectivity index (χ1) is 12.5. The van der Waals surface area contributed by atoms with E-state index in [0.717, 1.165) is 12.8 Å². The van der Waals surface area contributed by atoms with E-state index in [9.17, 15) is 9.59 Å². The van der Waals surface area contributed by atoms with E-state index in [2.05, 4.69) is 10.3 Å². The summed E-state index contributed by atoms with van der Waals surface area (Å²) in [4.78, 5) is 31.2. The van der Waals surface area contributed by atoms with Gasteiger partial charge in [-0.05, 0) is 25.0 Å². The van der Waals surface area contributed by atoms with E-state index in [1.54, 1.807) is 48.3 Å². The second kappa shape index (κ2) is 5.95. The Labute approximate surface area is 152 Å². The molecular weight excluding hydrogens is 332 g/mol. The molecule has 7 nitrogen and oxygen atoms in total. The molecular formula is C19H22N4O3. The van der Waals surface area contributed by atoms with Crippen LogP contribution in [0.5, 0.6) is 0 Å². The van der Waals surface area contributed by atoms with Crippen LogP contribution in [0.2, 0.25) is 0 Å². The van der Waals surface area contributed by atoms with Crippen molar-refractivity contribution < 1.29 is 14.3 Å². The summed E-state index contributed by atoms with van der Waals surface area (Å²) in [6.45, 7) is 0.868. The molecule has 136 valence electrons. The molecule has 0 bridgehead atoms. The zero-order valence-electron chi connectivity index (χ0n) is 14.9. The minimum absolute atomic E-state index is 0.0820. The summed E-state index contributed by atoms with van der Waals surface area (Å²) in [5.74, 6) is -0.219. The highest BCUT2D eigenvalue weighted by Crippen LogP contribution is 2.51. The van der Waals surface area contributed by atoms with Crippen molar-refractivity contribution in [3.8, 4) is 0 Å². The molecule has 2 aromatic rings. The van der Waals surface area contributed by atoms with E-state index in [1.165, 1.54) is 0 Å². The van der Waals surface area contributed by atoms with Crippen molar-refractivity contribution in [1.29, 1.82) is 0 Å². The molecule has 1 saturated carbocycles. The maximum absolute atomic E-state index is 12.7. The van der Waals surface area contributed by atoms with Crippen LogP contribution < -0.4 is 5.32 Å². The third kappa shape index (κ3) is 2.50. The summed E-state index contributed by atoms with van der Waals surface area (Å²) in [6, 6.07) is 9.12. The number of aromatic nitrogens is 2. The fourth-order valence-electron chi connectivity index (χ4n) is 3.83. The number of aryl methyl sites for hydroxylation is 1. The van der Waals surface area contributed by atoms with Crippen LogP contribution in [0.1, 0.15) is 33.7 Å². The quantitative estimate of drug-likeness (QED) is 0.876. The Morgan fingerprint density at radius 3 is 2.42 bits per heavy atom. The third-order valence-corrected chi connectivity index (χ3v) is 5.60. The van der Waals surface area contributed by atoms with Crippen LogP contribution in [0.25, 0.3) is 0 Å². The van der Waals surface area contributed by atoms with E-state index >= 15 is 0 Å². The summed E-state index contributed by atoms with van der Waals surface area (Å²) in [5, 5.41) is 3.16. The van der Waals surface area contributed by atoms with Gasteiger partial charge in [0.1, 0.15) is 11.2 Å². The molecule has 2 amide bonds. The van der Waals surface area contributed by atoms with Gasteiger partial charge in [-0.25, -0.2) is 4.98 Å². The SMILES string of the molecule is COC1(C2(NC(=O)c3ccccc3)CN(C(=O)c3cncn3C)C2)CC1. The van der Waals surface area contributed by atoms with Gasteiger partial charge in [-0.15, -0.1) is 0 Å². The number of likely N-dealkylation sites (tertiary alicyclic amines) is 1. The van der Waals surface area contributed by atoms with Crippen LogP contribution in [-0.2, 0) is 11.8 Å². The number of rotatable bonds is 5. The maximum Gasteiger partial charge on any atom is 0.272 e. The van der Waals surface area contributed by atoms with Crippen molar-refractivity contribution in [2.24, 2.45) is 7.05 Å². The fraction of sp³-hybridized carbons (Fsp3) is 0.421. The van der Waals surface area contributed by atoms with Crippen LogP contribution in [0, 0.1) is 0 Å². The molecule has 1 aliphatic carbocycles. The first-order valence-corrected chi connectivity index (χ1v) is 8.69. The minimum Gasteiger partial charge on any atom is -0.376 e. The number of imidazole rings is 1. The van der Waals surface area contributed by atoms with Crippen LogP contribution in [0.3, 0.4) is 0 Å². The summed E-state index contributed by atoms with van der Waals surface area (Å²) >= 11 is 0. The molecule has 1 aliphatic heterocycles. The molecule has 0 atom stereocenters. The average molecular weight is 354 g/mol. The Hall–Kier alpha value is -2.67. The number of carbonyl (C=O) groups is 2. The van der Waals surface area contributed by atoms with E-state index in [0.29, 0.717) is 24.3 Å². The van der Waals surface area contributed by atoms with E-state index in [1.807, 2.05) is 18.2 Å². The number of ether oxygens (including phenoxy) is 1. The van der Waals surface area contributed by atoms with Crippen molar-refractivity contribution in [2.75, 3.05) is 20.2 Å². The molecule has 0 radical (unpaired) electrons. The zero-order chi connectivity index (χ0) is 18.4. The number of benzene rings is 1. The van der Waals surface area contributed by atoms with Gasteiger partial charge < -0.3 is 19.5 Å². The van der Waals surface area contributed by atoms with Gasteiger partial charge in [-0.3, -0.25) is 9.59 Å². The second-order valence-electron chi connectivity index (χ2n) is 7.15. The summed E-state index contributed by atoms with van der Waals surface area (Å²) < 4.78 is 7.47. The van der Waals surface area contributed by atoms with Crippen LogP contribution in [0.15, 0.2) is 42.9 Å². The molecule has 0 spiro atoms. The molecule has 1 saturated heterocycles. The Balaban J connectivity index is 1.54. The summed E-state index contributed by atoms with van der Waals surface area (Å²) in [7, 11) is 3.47. The fourth-order valence-corrected chi connectivity index (χ4v) is 3.83. The number of hydrogen-bond donors (Lipinski definition) is 1. The minimum atomic E-state index is -0.553. The lowest BCUT2D eigenvalue weighted by atomic mass is 9.80. The van der Waals surface area contributed by atoms with Crippen LogP contribution >= 0.6 is 0 Å². The smallest absolute Gasteiger partial charge is 0.272 e. The number of nitrogens with zero attached hydrogens (tertiary/aromatic N) is 3. The number of nitrogens with one attached hydrogen (secondary N) is 1. The van der Waals surface area contributed by atoms with E-state index < -0.39 is 5.54 Å². The highest BCUT2D eigenvalue weighted by atomic mass is 16.5. The van der Waals surface area contributed by atoms with E-state index in [4.69, 9.17) is 4.74 Å². The van der Waals surface area contributed by atoms with Gasteiger partial charge in [0, 0.05) is 32.8 Å². The lowest BCUT2D eigenvalue weighted by molar-refractivity contribution is -0.0711. The molecule has 4 rings (SSSR count). The lowest BCUT2D eigenvalue weighted by Crippen LogP contribution is -2.77. The molecule has 0 unspecified atom stereocenters. The Morgan fingerprint density at radius 2 is 1.88 bits per heavy atom. The Bertz CT molecular complexity index is 835. The van der Waals surface area contributed by atoms with Crippen molar-refractivity contribution in [2.45, 2.75) is 24.0 Å². The standard InChI is InChI=1S/C19H22N4O3/c1-22-13-20-10-15(22)17(25)23-11-18(12-23,19(26-2)8-9-19)21-16(24)14-6-4-3-5-7-14/h3-7,10,13H,8-9,11-12H2,1-2H3,(H,21,24). The molecule has 1 aromatic carbocycles. The second-order valence-corrected chi connectivity index (χ2v) is 7.15. The molecule has 26 heavy (non-hydrogen) atoms. The van der Waals surface area contributed by atoms with Gasteiger partial charge in [-0.2, -0.15) is 0 Å². The highest BCUT2D eigenvalue weighted by molar-refractivity contribution is 5.96. The predicted octanol–water partition coefficient (Wildman–Crippen LogP) is 1.22. The zero-order valence-corrected chi connectivity index (χ0v) is 14.9. The molecule has 7 heteroatoms. The summed E-state index contributed by atoms with van der Waals surface area (Å²) in [5.41, 5.74) is 0.203. The van der Waals surface area contributed by atoms with Crippen molar-refractivity contribution in [1.82, 2.24) is 19.8 Å². The summed E-state index contributed by atoms with van der Waals surface area (Å²) in [6.07, 6.45) is 4.93. The van der Waals surface area contributed by atoms with Crippen molar-refractivity contribution in [3.63, 3.8) is 0 Å². The predicted molar refractivity (Wildman–Crippen MR) is 94.7 cm³/mol. The average Bonchev–Trinajstić information content (AvgIpc) is 3.32. The highest BCUT2D eigenvalue weighted by Gasteiger charge is 2.66. The molecule has 2 fully saturated rings. The van der Waals surface area contributed by atoms with Crippen LogP contribution in [-0.4, -0.2) is 57.6 Å². The Morgan fingerprint density at radius 1 is 1.19 bits per heavy atom. The first kappa shape index (κ1) is 16.8. The first-order valence-electron chi connectivity index (χ1n) is 8.69. The lowest BCUT2D eigenvalue weighted by Gasteiger charge is -2.54. The van der Waals surface area contributed by atoms with Gasteiger partial charge >= 0.3 is 0 Å². The number of hydrogen-bond acceptors (Lipinski definition) is 4. The Kier molecular flexibility index (Phi) is 3.84. The van der Waals surface area contributed by atoms with Crippen molar-refractivity contribution in [3.05, 3.63) is 54.1 Å². The van der Waals surface area contributed by atoms with E-state index in [-0.39, 0.29) is 17.4 Å². The third-order valence-electron chi connectivity index (χ3n) is 5.60. The topological polar surface area (TPSA) is 76.5 Å². The number of amides is 2. The van der Waals surface area contributed by atoms with Gasteiger partial charge in [0.15, 0.2) is 0 Å². The maximum atomic E-state index is 12.7. The molecule has 1 aromatic heterocycles. The number of carbonyl (C=O) groups excluding carboxylic acids is 2. The van der Waals surface area contributed by atoms with Gasteiger partial charge in [-0.1, -0.05) is 18.2 Å². The van der Waals surface area contributed by atoms with Crippen molar-refractivity contribution >= 4 is 11.8 Å². The molecule has 1 N–H and O–H groups in total. The largest absolute Gasteiger partial charge is 0.376 e.